The fourth-order valence-electron chi connectivity index (χ4n) is 4.62. The number of nitrogens with zero attached hydrogens (tertiary/aromatic N) is 2. The highest BCUT2D eigenvalue weighted by atomic mass is 35.5. The van der Waals surface area contributed by atoms with Crippen LogP contribution in [0, 0.1) is 5.82 Å². The fourth-order valence-corrected chi connectivity index (χ4v) is 6.26. The molecule has 2 aliphatic rings. The Bertz CT molecular complexity index is 1360. The molecule has 2 aromatic carbocycles. The summed E-state index contributed by atoms with van der Waals surface area (Å²) in [5.74, 6) is -0.665. The zero-order valence-electron chi connectivity index (χ0n) is 18.5. The monoisotopic (exact) mass is 533 g/mol. The molecular formula is C25H22Cl2FN3O3S. The molecule has 0 bridgehead atoms. The molecular weight excluding hydrogens is 512 g/mol. The van der Waals surface area contributed by atoms with Crippen LogP contribution in [0.15, 0.2) is 47.9 Å². The van der Waals surface area contributed by atoms with E-state index in [-0.39, 0.29) is 23.3 Å². The van der Waals surface area contributed by atoms with Crippen LogP contribution >= 0.6 is 23.2 Å². The minimum absolute atomic E-state index is 0.115. The Balaban J connectivity index is 1.62. The molecule has 3 atom stereocenters. The van der Waals surface area contributed by atoms with Crippen molar-refractivity contribution in [2.45, 2.75) is 43.6 Å². The molecule has 10 heteroatoms. The van der Waals surface area contributed by atoms with Crippen LogP contribution in [0.1, 0.15) is 46.6 Å². The van der Waals surface area contributed by atoms with Gasteiger partial charge in [0.25, 0.3) is 5.91 Å². The van der Waals surface area contributed by atoms with E-state index in [2.05, 4.69) is 10.4 Å². The standard InChI is InChI=1S/C25H22Cl2FN3O3S/c26-16-6-9-21(19(27)11-16)31-24-15(10-14-4-7-17(28)8-5-14)12-35(34)13-18(24)23(30-31)25(33)29-20-2-1-3-22(20)32/h4-9,11-12,20,22,32H,1-3,10,13H2,(H,29,33)/t20-,22-,35?/m1/s1. The molecule has 1 amide bonds. The topological polar surface area (TPSA) is 84.2 Å². The van der Waals surface area contributed by atoms with Crippen molar-refractivity contribution in [2.24, 2.45) is 0 Å². The van der Waals surface area contributed by atoms with E-state index in [4.69, 9.17) is 23.2 Å². The van der Waals surface area contributed by atoms with Gasteiger partial charge in [0.05, 0.1) is 45.1 Å². The SMILES string of the molecule is O=C(N[C@@H]1CCC[C@H]1O)c1nn(-c2ccc(Cl)cc2Cl)c2c1CS(=O)C=C2Cc1ccc(F)cc1. The largest absolute Gasteiger partial charge is 0.391 e. The molecule has 1 aromatic heterocycles. The molecule has 0 spiro atoms. The van der Waals surface area contributed by atoms with Gasteiger partial charge in [-0.2, -0.15) is 5.10 Å². The average molecular weight is 534 g/mol. The maximum absolute atomic E-state index is 13.5. The number of rotatable bonds is 5. The van der Waals surface area contributed by atoms with Gasteiger partial charge in [0, 0.05) is 22.4 Å². The molecule has 6 nitrogen and oxygen atoms in total. The summed E-state index contributed by atoms with van der Waals surface area (Å²) in [6.45, 7) is 0. The van der Waals surface area contributed by atoms with Crippen molar-refractivity contribution in [3.63, 3.8) is 0 Å². The molecule has 1 aliphatic heterocycles. The lowest BCUT2D eigenvalue weighted by atomic mass is 9.99. The third-order valence-corrected chi connectivity index (χ3v) is 7.96. The summed E-state index contributed by atoms with van der Waals surface area (Å²) in [6, 6.07) is 10.7. The first kappa shape index (κ1) is 24.2. The van der Waals surface area contributed by atoms with Crippen molar-refractivity contribution in [2.75, 3.05) is 0 Å². The summed E-state index contributed by atoms with van der Waals surface area (Å²) in [4.78, 5) is 13.3. The second-order valence-corrected chi connectivity index (χ2v) is 10.9. The van der Waals surface area contributed by atoms with Crippen molar-refractivity contribution in [1.82, 2.24) is 15.1 Å². The zero-order chi connectivity index (χ0) is 24.7. The van der Waals surface area contributed by atoms with Crippen LogP contribution < -0.4 is 5.32 Å². The van der Waals surface area contributed by atoms with Crippen molar-refractivity contribution in [3.8, 4) is 5.69 Å². The zero-order valence-corrected chi connectivity index (χ0v) is 20.8. The first-order chi connectivity index (χ1) is 16.8. The Morgan fingerprint density at radius 3 is 2.66 bits per heavy atom. The first-order valence-corrected chi connectivity index (χ1v) is 13.3. The van der Waals surface area contributed by atoms with E-state index in [1.807, 2.05) is 0 Å². The van der Waals surface area contributed by atoms with E-state index in [0.29, 0.717) is 51.8 Å². The quantitative estimate of drug-likeness (QED) is 0.493. The fraction of sp³-hybridized carbons (Fsp3) is 0.280. The summed E-state index contributed by atoms with van der Waals surface area (Å²) < 4.78 is 27.9. The molecule has 1 unspecified atom stereocenters. The smallest absolute Gasteiger partial charge is 0.272 e. The number of allylic oxidation sites excluding steroid dienone is 1. The summed E-state index contributed by atoms with van der Waals surface area (Å²) in [5.41, 5.74) is 3.33. The number of carbonyl (C=O) groups is 1. The molecule has 1 fully saturated rings. The lowest BCUT2D eigenvalue weighted by Gasteiger charge is -2.18. The molecule has 2 heterocycles. The minimum Gasteiger partial charge on any atom is -0.391 e. The van der Waals surface area contributed by atoms with Crippen LogP contribution in [0.5, 0.6) is 0 Å². The molecule has 35 heavy (non-hydrogen) atoms. The van der Waals surface area contributed by atoms with Gasteiger partial charge in [-0.1, -0.05) is 35.3 Å². The maximum atomic E-state index is 13.5. The summed E-state index contributed by atoms with van der Waals surface area (Å²) >= 11 is 12.6. The van der Waals surface area contributed by atoms with Crippen molar-refractivity contribution >= 4 is 45.5 Å². The minimum atomic E-state index is -1.37. The van der Waals surface area contributed by atoms with Crippen LogP contribution in [0.2, 0.25) is 10.0 Å². The van der Waals surface area contributed by atoms with E-state index in [1.165, 1.54) is 12.1 Å². The van der Waals surface area contributed by atoms with Crippen LogP contribution in [-0.4, -0.2) is 37.1 Å². The van der Waals surface area contributed by atoms with Crippen LogP contribution in [0.25, 0.3) is 11.3 Å². The Labute approximate surface area is 214 Å². The second-order valence-electron chi connectivity index (χ2n) is 8.73. The second kappa shape index (κ2) is 9.85. The van der Waals surface area contributed by atoms with Gasteiger partial charge in [0.2, 0.25) is 0 Å². The molecule has 5 rings (SSSR count). The number of benzene rings is 2. The van der Waals surface area contributed by atoms with Crippen molar-refractivity contribution in [1.29, 1.82) is 0 Å². The highest BCUT2D eigenvalue weighted by Gasteiger charge is 2.33. The van der Waals surface area contributed by atoms with Crippen molar-refractivity contribution in [3.05, 3.63) is 86.2 Å². The number of hydrogen-bond acceptors (Lipinski definition) is 4. The van der Waals surface area contributed by atoms with E-state index >= 15 is 0 Å². The molecule has 1 saturated carbocycles. The molecule has 3 aromatic rings. The third kappa shape index (κ3) is 4.93. The van der Waals surface area contributed by atoms with Gasteiger partial charge in [-0.15, -0.1) is 0 Å². The number of amides is 1. The van der Waals surface area contributed by atoms with Crippen LogP contribution in [-0.2, 0) is 23.0 Å². The molecule has 0 radical (unpaired) electrons. The number of nitrogens with one attached hydrogen (secondary N) is 1. The van der Waals surface area contributed by atoms with Gasteiger partial charge < -0.3 is 10.4 Å². The molecule has 182 valence electrons. The van der Waals surface area contributed by atoms with E-state index in [9.17, 15) is 18.5 Å². The van der Waals surface area contributed by atoms with Gasteiger partial charge in [0.15, 0.2) is 5.69 Å². The van der Waals surface area contributed by atoms with Gasteiger partial charge in [0.1, 0.15) is 5.82 Å². The van der Waals surface area contributed by atoms with Crippen LogP contribution in [0.4, 0.5) is 4.39 Å². The predicted octanol–water partition coefficient (Wildman–Crippen LogP) is 4.81. The Morgan fingerprint density at radius 2 is 1.97 bits per heavy atom. The van der Waals surface area contributed by atoms with Crippen LogP contribution in [0.3, 0.4) is 0 Å². The molecule has 1 aliphatic carbocycles. The molecule has 0 saturated heterocycles. The highest BCUT2D eigenvalue weighted by Crippen LogP contribution is 2.36. The van der Waals surface area contributed by atoms with Gasteiger partial charge in [-0.25, -0.2) is 9.07 Å². The highest BCUT2D eigenvalue weighted by molar-refractivity contribution is 7.87. The first-order valence-electron chi connectivity index (χ1n) is 11.2. The third-order valence-electron chi connectivity index (χ3n) is 6.30. The van der Waals surface area contributed by atoms with Crippen molar-refractivity contribution < 1.29 is 18.5 Å². The number of carbonyl (C=O) groups excluding carboxylic acids is 1. The Morgan fingerprint density at radius 1 is 1.20 bits per heavy atom. The Kier molecular flexibility index (Phi) is 6.81. The number of halogens is 3. The van der Waals surface area contributed by atoms with E-state index in [1.54, 1.807) is 40.4 Å². The number of aliphatic hydroxyl groups excluding tert-OH is 1. The number of aliphatic hydroxyl groups is 1. The van der Waals surface area contributed by atoms with Gasteiger partial charge >= 0.3 is 0 Å². The van der Waals surface area contributed by atoms with E-state index in [0.717, 1.165) is 12.0 Å². The lowest BCUT2D eigenvalue weighted by Crippen LogP contribution is -2.40. The van der Waals surface area contributed by atoms with Gasteiger partial charge in [-0.3, -0.25) is 9.00 Å². The van der Waals surface area contributed by atoms with E-state index < -0.39 is 22.8 Å². The predicted molar refractivity (Wildman–Crippen MR) is 135 cm³/mol. The number of hydrogen-bond donors (Lipinski definition) is 2. The average Bonchev–Trinajstić information content (AvgIpc) is 3.39. The Hall–Kier alpha value is -2.52. The summed E-state index contributed by atoms with van der Waals surface area (Å²) in [6.07, 6.45) is 1.89. The number of fused-ring (bicyclic) bond motifs is 1. The summed E-state index contributed by atoms with van der Waals surface area (Å²) in [5, 5.41) is 20.1. The van der Waals surface area contributed by atoms with Gasteiger partial charge in [-0.05, 0) is 60.7 Å². The maximum Gasteiger partial charge on any atom is 0.272 e. The number of aromatic nitrogens is 2. The normalized spacial score (nSPS) is 21.5. The molecule has 2 N–H and O–H groups in total. The summed E-state index contributed by atoms with van der Waals surface area (Å²) in [7, 11) is -1.37. The lowest BCUT2D eigenvalue weighted by molar-refractivity contribution is 0.0867.